The molecule has 0 unspecified atom stereocenters. The van der Waals surface area contributed by atoms with E-state index in [9.17, 15) is 22.8 Å². The van der Waals surface area contributed by atoms with Crippen LogP contribution in [0, 0.1) is 0 Å². The first-order valence-corrected chi connectivity index (χ1v) is 12.0. The molecule has 1 aliphatic rings. The van der Waals surface area contributed by atoms with Gasteiger partial charge in [0.2, 0.25) is 5.88 Å². The fraction of sp³-hybridized carbons (Fsp3) is 0.259. The number of pyridine rings is 1. The van der Waals surface area contributed by atoms with E-state index in [1.54, 1.807) is 42.6 Å². The first-order chi connectivity index (χ1) is 18.6. The van der Waals surface area contributed by atoms with Crippen molar-refractivity contribution in [3.8, 4) is 22.8 Å². The van der Waals surface area contributed by atoms with Gasteiger partial charge in [0, 0.05) is 41.7 Å². The maximum absolute atomic E-state index is 13.2. The van der Waals surface area contributed by atoms with Crippen molar-refractivity contribution < 1.29 is 32.2 Å². The van der Waals surface area contributed by atoms with E-state index >= 15 is 0 Å². The van der Waals surface area contributed by atoms with Crippen LogP contribution in [-0.2, 0) is 5.41 Å². The largest absolute Gasteiger partial charge is 0.573 e. The van der Waals surface area contributed by atoms with Gasteiger partial charge in [0.25, 0.3) is 11.8 Å². The predicted octanol–water partition coefficient (Wildman–Crippen LogP) is 4.35. The van der Waals surface area contributed by atoms with Gasteiger partial charge in [0.1, 0.15) is 11.3 Å². The van der Waals surface area contributed by atoms with Gasteiger partial charge < -0.3 is 20.1 Å². The van der Waals surface area contributed by atoms with Gasteiger partial charge in [0.05, 0.1) is 12.6 Å². The van der Waals surface area contributed by atoms with E-state index in [1.807, 2.05) is 0 Å². The summed E-state index contributed by atoms with van der Waals surface area (Å²) in [5.74, 6) is -0.968. The normalized spacial score (nSPS) is 14.1. The van der Waals surface area contributed by atoms with Crippen LogP contribution in [0.4, 0.5) is 13.2 Å². The Morgan fingerprint density at radius 2 is 1.85 bits per heavy atom. The van der Waals surface area contributed by atoms with Crippen LogP contribution in [0.3, 0.4) is 0 Å². The number of alkyl halides is 3. The van der Waals surface area contributed by atoms with Gasteiger partial charge in [-0.05, 0) is 42.7 Å². The number of nitrogens with zero attached hydrogens (tertiary/aromatic N) is 2. The van der Waals surface area contributed by atoms with E-state index in [2.05, 4.69) is 30.6 Å². The molecular weight excluding hydrogens is 515 g/mol. The van der Waals surface area contributed by atoms with Crippen molar-refractivity contribution >= 4 is 22.7 Å². The first kappa shape index (κ1) is 26.0. The Kier molecular flexibility index (Phi) is 6.62. The molecule has 12 heteroatoms. The number of ether oxygens (including phenoxy) is 2. The molecule has 0 atom stereocenters. The number of halogens is 3. The number of carbonyl (C=O) groups excluding carboxylic acids is 2. The molecule has 1 aliphatic carbocycles. The fourth-order valence-electron chi connectivity index (χ4n) is 4.58. The number of amides is 2. The summed E-state index contributed by atoms with van der Waals surface area (Å²) in [4.78, 5) is 29.5. The number of H-pyrrole nitrogens is 1. The van der Waals surface area contributed by atoms with Crippen LogP contribution in [0.15, 0.2) is 54.7 Å². The molecule has 39 heavy (non-hydrogen) atoms. The number of hydrogen-bond donors (Lipinski definition) is 3. The minimum absolute atomic E-state index is 0.103. The number of aromatic nitrogens is 3. The maximum atomic E-state index is 13.2. The first-order valence-electron chi connectivity index (χ1n) is 12.0. The number of methoxy groups -OCH3 is 1. The lowest BCUT2D eigenvalue weighted by molar-refractivity contribution is -0.275. The van der Waals surface area contributed by atoms with Gasteiger partial charge in [-0.1, -0.05) is 24.3 Å². The molecule has 3 N–H and O–H groups in total. The van der Waals surface area contributed by atoms with Crippen molar-refractivity contribution in [2.45, 2.75) is 24.6 Å². The van der Waals surface area contributed by atoms with Crippen LogP contribution in [0.2, 0.25) is 0 Å². The second-order valence-corrected chi connectivity index (χ2v) is 9.20. The van der Waals surface area contributed by atoms with Crippen LogP contribution in [-0.4, -0.2) is 54.1 Å². The summed E-state index contributed by atoms with van der Waals surface area (Å²) < 4.78 is 48.3. The predicted molar refractivity (Wildman–Crippen MR) is 136 cm³/mol. The summed E-state index contributed by atoms with van der Waals surface area (Å²) in [5.41, 5.74) is 2.13. The average molecular weight is 540 g/mol. The van der Waals surface area contributed by atoms with Gasteiger partial charge in [-0.15, -0.1) is 13.2 Å². The number of fused-ring (bicyclic) bond motifs is 1. The molecule has 2 heterocycles. The van der Waals surface area contributed by atoms with Gasteiger partial charge in [-0.3, -0.25) is 14.7 Å². The minimum Gasteiger partial charge on any atom is -0.480 e. The smallest absolute Gasteiger partial charge is 0.480 e. The molecule has 5 rings (SSSR count). The molecule has 0 aliphatic heterocycles. The van der Waals surface area contributed by atoms with Crippen molar-refractivity contribution in [3.05, 3.63) is 71.5 Å². The highest BCUT2D eigenvalue weighted by Gasteiger charge is 2.47. The Hall–Kier alpha value is -4.61. The van der Waals surface area contributed by atoms with E-state index in [0.717, 1.165) is 5.56 Å². The SMILES string of the molecule is CNC(=O)c1n[nH]c2cc(-c3cnc(OC)c(C(=O)NCC4(c5ccccc5OC(F)(F)F)CC4)c3)ccc12. The Labute approximate surface area is 220 Å². The summed E-state index contributed by atoms with van der Waals surface area (Å²) in [6, 6.07) is 12.9. The lowest BCUT2D eigenvalue weighted by atomic mass is 9.94. The molecule has 2 aromatic carbocycles. The minimum atomic E-state index is -4.82. The van der Waals surface area contributed by atoms with E-state index in [-0.39, 0.29) is 35.3 Å². The summed E-state index contributed by atoms with van der Waals surface area (Å²) >= 11 is 0. The Balaban J connectivity index is 1.38. The zero-order valence-corrected chi connectivity index (χ0v) is 21.0. The molecule has 9 nitrogen and oxygen atoms in total. The molecule has 2 aromatic heterocycles. The molecule has 1 fully saturated rings. The molecule has 0 spiro atoms. The van der Waals surface area contributed by atoms with Gasteiger partial charge in [0.15, 0.2) is 5.69 Å². The van der Waals surface area contributed by atoms with Crippen molar-refractivity contribution in [1.82, 2.24) is 25.8 Å². The molecule has 0 radical (unpaired) electrons. The monoisotopic (exact) mass is 539 g/mol. The summed E-state index contributed by atoms with van der Waals surface area (Å²) in [7, 11) is 2.91. The Morgan fingerprint density at radius 3 is 2.54 bits per heavy atom. The quantitative estimate of drug-likeness (QED) is 0.306. The zero-order chi connectivity index (χ0) is 27.8. The third-order valence-electron chi connectivity index (χ3n) is 6.75. The third kappa shape index (κ3) is 5.22. The highest BCUT2D eigenvalue weighted by atomic mass is 19.4. The number of carbonyl (C=O) groups is 2. The molecular formula is C27H24F3N5O4. The lowest BCUT2D eigenvalue weighted by Gasteiger charge is -2.21. The molecule has 0 bridgehead atoms. The Morgan fingerprint density at radius 1 is 1.08 bits per heavy atom. The molecule has 1 saturated carbocycles. The van der Waals surface area contributed by atoms with Crippen LogP contribution in [0.5, 0.6) is 11.6 Å². The van der Waals surface area contributed by atoms with Gasteiger partial charge in [-0.2, -0.15) is 5.10 Å². The molecule has 0 saturated heterocycles. The average Bonchev–Trinajstić information content (AvgIpc) is 3.60. The lowest BCUT2D eigenvalue weighted by Crippen LogP contribution is -2.33. The third-order valence-corrected chi connectivity index (χ3v) is 6.75. The van der Waals surface area contributed by atoms with E-state index in [0.29, 0.717) is 34.9 Å². The highest BCUT2D eigenvalue weighted by Crippen LogP contribution is 2.51. The van der Waals surface area contributed by atoms with Crippen molar-refractivity contribution in [2.75, 3.05) is 20.7 Å². The molecule has 2 amide bonds. The van der Waals surface area contributed by atoms with Crippen molar-refractivity contribution in [3.63, 3.8) is 0 Å². The second-order valence-electron chi connectivity index (χ2n) is 9.20. The second kappa shape index (κ2) is 9.93. The van der Waals surface area contributed by atoms with E-state index in [1.165, 1.54) is 26.3 Å². The van der Waals surface area contributed by atoms with Crippen LogP contribution < -0.4 is 20.1 Å². The van der Waals surface area contributed by atoms with Crippen molar-refractivity contribution in [2.24, 2.45) is 0 Å². The standard InChI is InChI=1S/C27H24F3N5O4/c1-31-24(37)22-17-8-7-15(12-20(17)34-35-22)16-11-18(25(38-2)32-13-16)23(36)33-14-26(9-10-26)19-5-3-4-6-21(19)39-27(28,29)30/h3-8,11-13H,9-10,14H2,1-2H3,(H,31,37)(H,33,36)(H,34,35). The van der Waals surface area contributed by atoms with E-state index in [4.69, 9.17) is 4.74 Å². The van der Waals surface area contributed by atoms with Crippen LogP contribution in [0.1, 0.15) is 39.3 Å². The molecule has 4 aromatic rings. The topological polar surface area (TPSA) is 118 Å². The number of aromatic amines is 1. The van der Waals surface area contributed by atoms with Gasteiger partial charge >= 0.3 is 6.36 Å². The summed E-state index contributed by atoms with van der Waals surface area (Å²) in [6.45, 7) is 0.111. The summed E-state index contributed by atoms with van der Waals surface area (Å²) in [6.07, 6.45) is -2.07. The van der Waals surface area contributed by atoms with E-state index < -0.39 is 17.7 Å². The number of benzene rings is 2. The Bertz CT molecular complexity index is 1560. The van der Waals surface area contributed by atoms with Crippen LogP contribution in [0.25, 0.3) is 22.0 Å². The molecule has 202 valence electrons. The zero-order valence-electron chi connectivity index (χ0n) is 21.0. The number of nitrogens with one attached hydrogen (secondary N) is 3. The van der Waals surface area contributed by atoms with Crippen molar-refractivity contribution in [1.29, 1.82) is 0 Å². The van der Waals surface area contributed by atoms with Crippen LogP contribution >= 0.6 is 0 Å². The maximum Gasteiger partial charge on any atom is 0.573 e. The number of hydrogen-bond acceptors (Lipinski definition) is 6. The number of para-hydroxylation sites is 1. The summed E-state index contributed by atoms with van der Waals surface area (Å²) in [5, 5.41) is 12.9. The fourth-order valence-corrected chi connectivity index (χ4v) is 4.58. The van der Waals surface area contributed by atoms with Gasteiger partial charge in [-0.25, -0.2) is 4.98 Å². The number of rotatable bonds is 8. The highest BCUT2D eigenvalue weighted by molar-refractivity contribution is 6.05.